The molecular formula is C18H18N2OS. The molecule has 1 aliphatic heterocycles. The summed E-state index contributed by atoms with van der Waals surface area (Å²) in [4.78, 5) is 11.6. The van der Waals surface area contributed by atoms with Crippen molar-refractivity contribution in [3.63, 3.8) is 0 Å². The van der Waals surface area contributed by atoms with Crippen LogP contribution in [0.4, 0.5) is 0 Å². The van der Waals surface area contributed by atoms with E-state index in [1.165, 1.54) is 5.56 Å². The fraction of sp³-hybridized carbons (Fsp3) is 0.222. The molecule has 0 fully saturated rings. The number of thioether (sulfide) groups is 1. The molecule has 0 spiro atoms. The molecule has 2 aromatic carbocycles. The second-order valence-corrected chi connectivity index (χ2v) is 6.94. The number of hydrogen-bond acceptors (Lipinski definition) is 3. The molecular weight excluding hydrogens is 292 g/mol. The molecule has 0 aliphatic carbocycles. The zero-order valence-corrected chi connectivity index (χ0v) is 13.7. The highest BCUT2D eigenvalue weighted by atomic mass is 32.2. The predicted octanol–water partition coefficient (Wildman–Crippen LogP) is 4.12. The topological polar surface area (TPSA) is 32.7 Å². The maximum Gasteiger partial charge on any atom is 0.241 e. The Balaban J connectivity index is 2.04. The van der Waals surface area contributed by atoms with E-state index in [9.17, 15) is 4.79 Å². The van der Waals surface area contributed by atoms with Gasteiger partial charge in [0.15, 0.2) is 0 Å². The van der Waals surface area contributed by atoms with Crippen LogP contribution >= 0.6 is 11.8 Å². The van der Waals surface area contributed by atoms with Crippen LogP contribution in [0, 0.1) is 6.92 Å². The number of hydrogen-bond donors (Lipinski definition) is 0. The second-order valence-electron chi connectivity index (χ2n) is 5.56. The van der Waals surface area contributed by atoms with Gasteiger partial charge in [-0.25, -0.2) is 5.01 Å². The average Bonchev–Trinajstić information content (AvgIpc) is 2.88. The van der Waals surface area contributed by atoms with Crippen molar-refractivity contribution in [2.24, 2.45) is 5.10 Å². The number of hydrazone groups is 1. The number of aryl methyl sites for hydroxylation is 1. The van der Waals surface area contributed by atoms with Crippen molar-refractivity contribution >= 4 is 22.7 Å². The highest BCUT2D eigenvalue weighted by Gasteiger charge is 2.43. The van der Waals surface area contributed by atoms with E-state index < -0.39 is 4.87 Å². The summed E-state index contributed by atoms with van der Waals surface area (Å²) in [7, 11) is 0. The van der Waals surface area contributed by atoms with Gasteiger partial charge in [0.1, 0.15) is 9.91 Å². The summed E-state index contributed by atoms with van der Waals surface area (Å²) in [5.74, 6) is -0.0542. The van der Waals surface area contributed by atoms with Gasteiger partial charge < -0.3 is 0 Å². The van der Waals surface area contributed by atoms with Gasteiger partial charge >= 0.3 is 0 Å². The highest BCUT2D eigenvalue weighted by Crippen LogP contribution is 2.46. The lowest BCUT2D eigenvalue weighted by molar-refractivity contribution is -0.131. The summed E-state index contributed by atoms with van der Waals surface area (Å²) in [5.41, 5.74) is 3.31. The summed E-state index contributed by atoms with van der Waals surface area (Å²) < 4.78 is 0. The molecule has 3 nitrogen and oxygen atoms in total. The average molecular weight is 310 g/mol. The third kappa shape index (κ3) is 2.55. The van der Waals surface area contributed by atoms with Gasteiger partial charge in [0.25, 0.3) is 0 Å². The first kappa shape index (κ1) is 14.9. The highest BCUT2D eigenvalue weighted by molar-refractivity contribution is 8.15. The molecule has 0 saturated heterocycles. The number of rotatable bonds is 2. The Morgan fingerprint density at radius 2 is 1.86 bits per heavy atom. The van der Waals surface area contributed by atoms with Crippen molar-refractivity contribution in [3.05, 3.63) is 71.3 Å². The van der Waals surface area contributed by atoms with Crippen LogP contribution in [0.2, 0.25) is 0 Å². The molecule has 0 aromatic heterocycles. The van der Waals surface area contributed by atoms with Crippen LogP contribution in [0.3, 0.4) is 0 Å². The van der Waals surface area contributed by atoms with Gasteiger partial charge in [0.05, 0.1) is 0 Å². The van der Waals surface area contributed by atoms with Crippen LogP contribution in [0.5, 0.6) is 0 Å². The minimum absolute atomic E-state index is 0.0542. The molecule has 0 saturated carbocycles. The quantitative estimate of drug-likeness (QED) is 0.835. The lowest BCUT2D eigenvalue weighted by atomic mass is 10.1. The van der Waals surface area contributed by atoms with E-state index in [1.54, 1.807) is 23.7 Å². The third-order valence-electron chi connectivity index (χ3n) is 3.76. The van der Waals surface area contributed by atoms with Crippen LogP contribution in [-0.4, -0.2) is 16.0 Å². The minimum atomic E-state index is -0.508. The Morgan fingerprint density at radius 3 is 2.50 bits per heavy atom. The van der Waals surface area contributed by atoms with Crippen LogP contribution in [0.1, 0.15) is 30.5 Å². The third-order valence-corrected chi connectivity index (χ3v) is 5.08. The largest absolute Gasteiger partial charge is 0.273 e. The number of benzene rings is 2. The monoisotopic (exact) mass is 310 g/mol. The molecule has 1 unspecified atom stereocenters. The molecule has 1 aliphatic rings. The standard InChI is InChI=1S/C18H18N2OS/c1-13-8-7-9-15(12-13)17-19-20(14(2)21)18(3,22-17)16-10-5-4-6-11-16/h4-12H,1-3H3. The molecule has 0 N–H and O–H groups in total. The Bertz CT molecular complexity index is 742. The zero-order chi connectivity index (χ0) is 15.7. The molecule has 4 heteroatoms. The first-order chi connectivity index (χ1) is 10.5. The van der Waals surface area contributed by atoms with Crippen molar-refractivity contribution in [2.75, 3.05) is 0 Å². The second kappa shape index (κ2) is 5.61. The van der Waals surface area contributed by atoms with Crippen molar-refractivity contribution in [1.82, 2.24) is 5.01 Å². The van der Waals surface area contributed by atoms with E-state index in [1.807, 2.05) is 49.4 Å². The summed E-state index contributed by atoms with van der Waals surface area (Å²) in [6.45, 7) is 5.66. The first-order valence-electron chi connectivity index (χ1n) is 7.22. The summed E-state index contributed by atoms with van der Waals surface area (Å²) in [6, 6.07) is 18.2. The van der Waals surface area contributed by atoms with E-state index in [4.69, 9.17) is 0 Å². The van der Waals surface area contributed by atoms with Gasteiger partial charge in [-0.05, 0) is 25.5 Å². The Morgan fingerprint density at radius 1 is 1.14 bits per heavy atom. The van der Waals surface area contributed by atoms with Crippen LogP contribution in [0.15, 0.2) is 59.7 Å². The molecule has 3 rings (SSSR count). The molecule has 22 heavy (non-hydrogen) atoms. The maximum atomic E-state index is 12.1. The van der Waals surface area contributed by atoms with Gasteiger partial charge in [-0.1, -0.05) is 65.9 Å². The number of amides is 1. The first-order valence-corrected chi connectivity index (χ1v) is 8.03. The van der Waals surface area contributed by atoms with Gasteiger partial charge in [0, 0.05) is 12.5 Å². The number of carbonyl (C=O) groups excluding carboxylic acids is 1. The Hall–Kier alpha value is -2.07. The predicted molar refractivity (Wildman–Crippen MR) is 91.6 cm³/mol. The summed E-state index contributed by atoms with van der Waals surface area (Å²) >= 11 is 1.62. The van der Waals surface area contributed by atoms with E-state index in [0.29, 0.717) is 0 Å². The van der Waals surface area contributed by atoms with Crippen LogP contribution in [-0.2, 0) is 9.67 Å². The van der Waals surface area contributed by atoms with Gasteiger partial charge in [-0.3, -0.25) is 4.79 Å². The van der Waals surface area contributed by atoms with E-state index >= 15 is 0 Å². The fourth-order valence-corrected chi connectivity index (χ4v) is 3.89. The Labute approximate surface area is 135 Å². The van der Waals surface area contributed by atoms with Crippen molar-refractivity contribution in [2.45, 2.75) is 25.6 Å². The Kier molecular flexibility index (Phi) is 3.79. The smallest absolute Gasteiger partial charge is 0.241 e. The van der Waals surface area contributed by atoms with E-state index in [2.05, 4.69) is 24.2 Å². The van der Waals surface area contributed by atoms with Crippen LogP contribution < -0.4 is 0 Å². The number of carbonyl (C=O) groups is 1. The van der Waals surface area contributed by atoms with Crippen molar-refractivity contribution in [3.8, 4) is 0 Å². The van der Waals surface area contributed by atoms with Crippen molar-refractivity contribution < 1.29 is 4.79 Å². The zero-order valence-electron chi connectivity index (χ0n) is 12.9. The van der Waals surface area contributed by atoms with Crippen molar-refractivity contribution in [1.29, 1.82) is 0 Å². The summed E-state index contributed by atoms with van der Waals surface area (Å²) in [5, 5.41) is 7.06. The normalized spacial score (nSPS) is 20.9. The number of nitrogens with zero attached hydrogens (tertiary/aromatic N) is 2. The van der Waals surface area contributed by atoms with E-state index in [0.717, 1.165) is 16.2 Å². The molecule has 1 atom stereocenters. The van der Waals surface area contributed by atoms with Gasteiger partial charge in [0.2, 0.25) is 5.91 Å². The van der Waals surface area contributed by atoms with Gasteiger partial charge in [-0.2, -0.15) is 5.10 Å². The molecule has 0 bridgehead atoms. The minimum Gasteiger partial charge on any atom is -0.273 e. The van der Waals surface area contributed by atoms with Gasteiger partial charge in [-0.15, -0.1) is 0 Å². The lowest BCUT2D eigenvalue weighted by Crippen LogP contribution is -2.37. The molecule has 1 amide bonds. The molecule has 1 heterocycles. The molecule has 112 valence electrons. The maximum absolute atomic E-state index is 12.1. The summed E-state index contributed by atoms with van der Waals surface area (Å²) in [6.07, 6.45) is 0. The van der Waals surface area contributed by atoms with E-state index in [-0.39, 0.29) is 5.91 Å². The lowest BCUT2D eigenvalue weighted by Gasteiger charge is -2.31. The molecule has 2 aromatic rings. The fourth-order valence-electron chi connectivity index (χ4n) is 2.63. The van der Waals surface area contributed by atoms with Crippen LogP contribution in [0.25, 0.3) is 0 Å². The SMILES string of the molecule is CC(=O)N1N=C(c2cccc(C)c2)SC1(C)c1ccccc1. The molecule has 0 radical (unpaired) electrons.